The van der Waals surface area contributed by atoms with Crippen molar-refractivity contribution < 1.29 is 22.3 Å². The maximum absolute atomic E-state index is 13.6. The molecule has 0 unspecified atom stereocenters. The van der Waals surface area contributed by atoms with Crippen molar-refractivity contribution in [2.24, 2.45) is 0 Å². The molecule has 1 amide bonds. The molecule has 0 aliphatic rings. The Bertz CT molecular complexity index is 916. The van der Waals surface area contributed by atoms with Gasteiger partial charge < -0.3 is 10.1 Å². The lowest BCUT2D eigenvalue weighted by Crippen LogP contribution is -2.38. The number of benzene rings is 2. The Hall–Kier alpha value is -2.61. The Kier molecular flexibility index (Phi) is 6.79. The van der Waals surface area contributed by atoms with Gasteiger partial charge in [-0.2, -0.15) is 0 Å². The third kappa shape index (κ3) is 5.68. The van der Waals surface area contributed by atoms with Gasteiger partial charge in [-0.25, -0.2) is 12.8 Å². The van der Waals surface area contributed by atoms with Gasteiger partial charge in [0.05, 0.1) is 32.0 Å². The van der Waals surface area contributed by atoms with Crippen LogP contribution >= 0.6 is 0 Å². The number of nitrogens with one attached hydrogen (secondary N) is 1. The van der Waals surface area contributed by atoms with Crippen LogP contribution in [-0.4, -0.2) is 40.8 Å². The largest absolute Gasteiger partial charge is 0.495 e. The molecule has 0 radical (unpaired) electrons. The molecule has 0 fully saturated rings. The number of hydrogen-bond acceptors (Lipinski definition) is 4. The summed E-state index contributed by atoms with van der Waals surface area (Å²) in [6.45, 7) is 1.96. The van der Waals surface area contributed by atoms with Crippen LogP contribution in [0.25, 0.3) is 0 Å². The van der Waals surface area contributed by atoms with Crippen LogP contribution in [-0.2, 0) is 21.2 Å². The van der Waals surface area contributed by atoms with E-state index in [9.17, 15) is 17.6 Å². The number of sulfonamides is 1. The SMILES string of the molecule is COc1ccc(C)cc1N(CCNC(=O)Cc1ccccc1F)S(C)(=O)=O. The van der Waals surface area contributed by atoms with E-state index in [0.29, 0.717) is 11.4 Å². The molecule has 0 bridgehead atoms. The average Bonchev–Trinajstić information content (AvgIpc) is 2.59. The highest BCUT2D eigenvalue weighted by molar-refractivity contribution is 7.92. The predicted octanol–water partition coefficient (Wildman–Crippen LogP) is 2.27. The number of carbonyl (C=O) groups excluding carboxylic acids is 1. The lowest BCUT2D eigenvalue weighted by Gasteiger charge is -2.24. The molecule has 0 aliphatic carbocycles. The van der Waals surface area contributed by atoms with Crippen LogP contribution in [0.15, 0.2) is 42.5 Å². The summed E-state index contributed by atoms with van der Waals surface area (Å²) in [6.07, 6.45) is 0.981. The van der Waals surface area contributed by atoms with E-state index in [1.54, 1.807) is 24.3 Å². The van der Waals surface area contributed by atoms with Gasteiger partial charge in [0, 0.05) is 6.54 Å². The fourth-order valence-corrected chi connectivity index (χ4v) is 3.56. The van der Waals surface area contributed by atoms with Gasteiger partial charge >= 0.3 is 0 Å². The van der Waals surface area contributed by atoms with Crippen molar-refractivity contribution in [3.8, 4) is 5.75 Å². The fourth-order valence-electron chi connectivity index (χ4n) is 2.63. The van der Waals surface area contributed by atoms with E-state index in [1.165, 1.54) is 23.5 Å². The van der Waals surface area contributed by atoms with Crippen LogP contribution in [0.4, 0.5) is 10.1 Å². The molecule has 0 atom stereocenters. The van der Waals surface area contributed by atoms with Crippen LogP contribution in [0.1, 0.15) is 11.1 Å². The number of amides is 1. The quantitative estimate of drug-likeness (QED) is 0.745. The zero-order valence-electron chi connectivity index (χ0n) is 15.5. The molecule has 2 rings (SSSR count). The van der Waals surface area contributed by atoms with Crippen LogP contribution in [0.2, 0.25) is 0 Å². The summed E-state index contributed by atoms with van der Waals surface area (Å²) in [6, 6.07) is 11.3. The number of carbonyl (C=O) groups is 1. The van der Waals surface area contributed by atoms with E-state index in [0.717, 1.165) is 11.8 Å². The molecule has 0 aliphatic heterocycles. The maximum atomic E-state index is 13.6. The van der Waals surface area contributed by atoms with Gasteiger partial charge in [0.2, 0.25) is 15.9 Å². The van der Waals surface area contributed by atoms with E-state index in [4.69, 9.17) is 4.74 Å². The molecule has 2 aromatic rings. The molecule has 146 valence electrons. The molecular formula is C19H23FN2O4S. The standard InChI is InChI=1S/C19H23FN2O4S/c1-14-8-9-18(26-2)17(12-14)22(27(3,24)25)11-10-21-19(23)13-15-6-4-5-7-16(15)20/h4-9,12H,10-11,13H2,1-3H3,(H,21,23). The van der Waals surface area contributed by atoms with Crippen molar-refractivity contribution in [2.45, 2.75) is 13.3 Å². The van der Waals surface area contributed by atoms with Crippen LogP contribution < -0.4 is 14.4 Å². The second-order valence-corrected chi connectivity index (χ2v) is 8.04. The number of aryl methyl sites for hydroxylation is 1. The number of hydrogen-bond donors (Lipinski definition) is 1. The van der Waals surface area contributed by atoms with E-state index in [2.05, 4.69) is 5.32 Å². The normalized spacial score (nSPS) is 11.1. The van der Waals surface area contributed by atoms with Crippen LogP contribution in [0.5, 0.6) is 5.75 Å². The third-order valence-corrected chi connectivity index (χ3v) is 5.13. The first kappa shape index (κ1) is 20.7. The predicted molar refractivity (Wildman–Crippen MR) is 103 cm³/mol. The molecule has 6 nitrogen and oxygen atoms in total. The zero-order valence-corrected chi connectivity index (χ0v) is 16.3. The summed E-state index contributed by atoms with van der Waals surface area (Å²) in [5.41, 5.74) is 1.57. The van der Waals surface area contributed by atoms with Crippen molar-refractivity contribution in [3.63, 3.8) is 0 Å². The third-order valence-electron chi connectivity index (χ3n) is 3.95. The van der Waals surface area contributed by atoms with Crippen molar-refractivity contribution in [2.75, 3.05) is 30.8 Å². The number of nitrogens with zero attached hydrogens (tertiary/aromatic N) is 1. The molecule has 0 saturated carbocycles. The van der Waals surface area contributed by atoms with E-state index < -0.39 is 15.8 Å². The van der Waals surface area contributed by atoms with Gasteiger partial charge in [-0.3, -0.25) is 9.10 Å². The summed E-state index contributed by atoms with van der Waals surface area (Å²) in [4.78, 5) is 12.0. The first-order valence-corrected chi connectivity index (χ1v) is 10.2. The number of methoxy groups -OCH3 is 1. The van der Waals surface area contributed by atoms with Crippen molar-refractivity contribution in [3.05, 3.63) is 59.4 Å². The monoisotopic (exact) mass is 394 g/mol. The number of anilines is 1. The minimum atomic E-state index is -3.59. The number of ether oxygens (including phenoxy) is 1. The lowest BCUT2D eigenvalue weighted by atomic mass is 10.1. The molecule has 0 aromatic heterocycles. The number of rotatable bonds is 8. The second-order valence-electron chi connectivity index (χ2n) is 6.13. The average molecular weight is 394 g/mol. The molecular weight excluding hydrogens is 371 g/mol. The second kappa shape index (κ2) is 8.85. The van der Waals surface area contributed by atoms with Gasteiger partial charge in [-0.05, 0) is 36.2 Å². The molecule has 0 heterocycles. The summed E-state index contributed by atoms with van der Waals surface area (Å²) in [5.74, 6) is -0.414. The molecule has 2 aromatic carbocycles. The Balaban J connectivity index is 2.07. The minimum absolute atomic E-state index is 0.0294. The van der Waals surface area contributed by atoms with Gasteiger partial charge in [0.15, 0.2) is 0 Å². The van der Waals surface area contributed by atoms with Crippen molar-refractivity contribution >= 4 is 21.6 Å². The van der Waals surface area contributed by atoms with E-state index in [-0.39, 0.29) is 31.0 Å². The summed E-state index contributed by atoms with van der Waals surface area (Å²) in [7, 11) is -2.13. The smallest absolute Gasteiger partial charge is 0.232 e. The van der Waals surface area contributed by atoms with E-state index >= 15 is 0 Å². The molecule has 1 N–H and O–H groups in total. The van der Waals surface area contributed by atoms with Crippen LogP contribution in [0.3, 0.4) is 0 Å². The topological polar surface area (TPSA) is 75.7 Å². The first-order chi connectivity index (χ1) is 12.7. The molecule has 0 spiro atoms. The highest BCUT2D eigenvalue weighted by Crippen LogP contribution is 2.30. The fraction of sp³-hybridized carbons (Fsp3) is 0.316. The lowest BCUT2D eigenvalue weighted by molar-refractivity contribution is -0.120. The summed E-state index contributed by atoms with van der Waals surface area (Å²) < 4.78 is 44.5. The molecule has 0 saturated heterocycles. The number of halogens is 1. The van der Waals surface area contributed by atoms with E-state index in [1.807, 2.05) is 13.0 Å². The van der Waals surface area contributed by atoms with Crippen molar-refractivity contribution in [1.82, 2.24) is 5.32 Å². The van der Waals surface area contributed by atoms with Gasteiger partial charge in [0.25, 0.3) is 0 Å². The van der Waals surface area contributed by atoms with Gasteiger partial charge in [-0.15, -0.1) is 0 Å². The Morgan fingerprint density at radius 2 is 1.93 bits per heavy atom. The summed E-state index contributed by atoms with van der Waals surface area (Å²) in [5, 5.41) is 2.63. The Morgan fingerprint density at radius 3 is 2.56 bits per heavy atom. The first-order valence-electron chi connectivity index (χ1n) is 8.35. The Labute approximate surface area is 159 Å². The summed E-state index contributed by atoms with van der Waals surface area (Å²) >= 11 is 0. The van der Waals surface area contributed by atoms with Crippen LogP contribution in [0, 0.1) is 12.7 Å². The van der Waals surface area contributed by atoms with Crippen molar-refractivity contribution in [1.29, 1.82) is 0 Å². The van der Waals surface area contributed by atoms with Gasteiger partial charge in [-0.1, -0.05) is 24.3 Å². The molecule has 27 heavy (non-hydrogen) atoms. The van der Waals surface area contributed by atoms with Gasteiger partial charge in [0.1, 0.15) is 11.6 Å². The highest BCUT2D eigenvalue weighted by Gasteiger charge is 2.21. The molecule has 8 heteroatoms. The maximum Gasteiger partial charge on any atom is 0.232 e. The minimum Gasteiger partial charge on any atom is -0.495 e. The Morgan fingerprint density at radius 1 is 1.22 bits per heavy atom. The zero-order chi connectivity index (χ0) is 20.0. The highest BCUT2D eigenvalue weighted by atomic mass is 32.2.